The highest BCUT2D eigenvalue weighted by molar-refractivity contribution is 7.90. The molecular formula is C21H28N2O3S. The summed E-state index contributed by atoms with van der Waals surface area (Å²) < 4.78 is 26.9. The largest absolute Gasteiger partial charge is 0.353 e. The number of fused-ring (bicyclic) bond motifs is 2. The van der Waals surface area contributed by atoms with E-state index >= 15 is 0 Å². The monoisotopic (exact) mass is 388 g/mol. The van der Waals surface area contributed by atoms with Crippen LogP contribution in [0.25, 0.3) is 0 Å². The summed E-state index contributed by atoms with van der Waals surface area (Å²) in [7, 11) is -3.08. The Kier molecular flexibility index (Phi) is 4.13. The minimum atomic E-state index is -3.08. The molecule has 0 aromatic heterocycles. The van der Waals surface area contributed by atoms with Gasteiger partial charge in [-0.25, -0.2) is 12.7 Å². The van der Waals surface area contributed by atoms with Crippen molar-refractivity contribution in [3.05, 3.63) is 35.4 Å². The molecule has 1 aromatic carbocycles. The summed E-state index contributed by atoms with van der Waals surface area (Å²) in [5.74, 6) is 0.426. The Morgan fingerprint density at radius 2 is 1.81 bits per heavy atom. The fourth-order valence-electron chi connectivity index (χ4n) is 5.17. The molecule has 4 aliphatic rings. The summed E-state index contributed by atoms with van der Waals surface area (Å²) in [5.41, 5.74) is 2.70. The number of amides is 1. The second-order valence-electron chi connectivity index (χ2n) is 8.96. The molecule has 1 spiro atoms. The van der Waals surface area contributed by atoms with E-state index in [1.807, 2.05) is 0 Å². The van der Waals surface area contributed by atoms with E-state index < -0.39 is 10.0 Å². The van der Waals surface area contributed by atoms with Gasteiger partial charge in [0, 0.05) is 25.6 Å². The van der Waals surface area contributed by atoms with E-state index in [4.69, 9.17) is 0 Å². The second kappa shape index (κ2) is 6.31. The lowest BCUT2D eigenvalue weighted by Gasteiger charge is -2.40. The van der Waals surface area contributed by atoms with Gasteiger partial charge in [0.2, 0.25) is 15.9 Å². The maximum absolute atomic E-state index is 12.6. The Morgan fingerprint density at radius 1 is 1.11 bits per heavy atom. The Balaban J connectivity index is 1.33. The molecule has 27 heavy (non-hydrogen) atoms. The lowest BCUT2D eigenvalue weighted by Crippen LogP contribution is -2.45. The van der Waals surface area contributed by atoms with Gasteiger partial charge >= 0.3 is 0 Å². The van der Waals surface area contributed by atoms with Crippen LogP contribution in [0.1, 0.15) is 68.4 Å². The molecule has 5 nitrogen and oxygen atoms in total. The van der Waals surface area contributed by atoms with Crippen LogP contribution in [0.4, 0.5) is 0 Å². The zero-order valence-electron chi connectivity index (χ0n) is 15.7. The third kappa shape index (κ3) is 3.21. The third-order valence-corrected chi connectivity index (χ3v) is 9.37. The lowest BCUT2D eigenvalue weighted by atomic mass is 9.73. The summed E-state index contributed by atoms with van der Waals surface area (Å²) in [6, 6.07) is 8.93. The Morgan fingerprint density at radius 3 is 2.48 bits per heavy atom. The predicted molar refractivity (Wildman–Crippen MR) is 104 cm³/mol. The van der Waals surface area contributed by atoms with Crippen LogP contribution in [-0.4, -0.2) is 43.0 Å². The van der Waals surface area contributed by atoms with Crippen molar-refractivity contribution in [2.75, 3.05) is 13.1 Å². The van der Waals surface area contributed by atoms with E-state index in [-0.39, 0.29) is 22.5 Å². The van der Waals surface area contributed by atoms with Crippen LogP contribution < -0.4 is 5.32 Å². The van der Waals surface area contributed by atoms with Gasteiger partial charge in [-0.2, -0.15) is 0 Å². The maximum atomic E-state index is 12.6. The van der Waals surface area contributed by atoms with Gasteiger partial charge in [0.25, 0.3) is 0 Å². The molecule has 5 rings (SSSR count). The fourth-order valence-corrected chi connectivity index (χ4v) is 7.01. The molecule has 1 amide bonds. The topological polar surface area (TPSA) is 66.5 Å². The van der Waals surface area contributed by atoms with Crippen LogP contribution in [0.3, 0.4) is 0 Å². The van der Waals surface area contributed by atoms with Gasteiger partial charge in [0.1, 0.15) is 0 Å². The van der Waals surface area contributed by atoms with Gasteiger partial charge in [-0.05, 0) is 67.4 Å². The van der Waals surface area contributed by atoms with E-state index in [1.54, 1.807) is 4.31 Å². The highest BCUT2D eigenvalue weighted by atomic mass is 32.2. The standard InChI is InChI=1S/C21H28N2O3S/c24-20(22-16-5-6-16)13-15-14-21(19-4-2-1-3-18(15)19)9-11-23(12-10-21)27(25,26)17-7-8-17/h1-4,15-17H,5-14H2,(H,22,24)/t15-/m1/s1. The number of hydrogen-bond acceptors (Lipinski definition) is 3. The van der Waals surface area contributed by atoms with Crippen molar-refractivity contribution in [3.8, 4) is 0 Å². The van der Waals surface area contributed by atoms with Crippen molar-refractivity contribution >= 4 is 15.9 Å². The van der Waals surface area contributed by atoms with Crippen molar-refractivity contribution in [3.63, 3.8) is 0 Å². The SMILES string of the molecule is O=C(C[C@@H]1CC2(CCN(S(=O)(=O)C3CC3)CC2)c2ccccc21)NC1CC1. The van der Waals surface area contributed by atoms with Gasteiger partial charge in [-0.15, -0.1) is 0 Å². The number of nitrogens with zero attached hydrogens (tertiary/aromatic N) is 1. The number of sulfonamides is 1. The Labute approximate surface area is 161 Å². The molecule has 1 atom stereocenters. The van der Waals surface area contributed by atoms with E-state index in [9.17, 15) is 13.2 Å². The first kappa shape index (κ1) is 17.7. The molecule has 0 bridgehead atoms. The molecule has 1 saturated heterocycles. The molecule has 1 aromatic rings. The van der Waals surface area contributed by atoms with Gasteiger partial charge in [-0.3, -0.25) is 4.79 Å². The number of benzene rings is 1. The Hall–Kier alpha value is -1.40. The van der Waals surface area contributed by atoms with Crippen LogP contribution in [-0.2, 0) is 20.2 Å². The molecular weight excluding hydrogens is 360 g/mol. The van der Waals surface area contributed by atoms with Gasteiger partial charge in [0.05, 0.1) is 5.25 Å². The first-order valence-electron chi connectivity index (χ1n) is 10.4. The first-order valence-corrected chi connectivity index (χ1v) is 11.9. The van der Waals surface area contributed by atoms with Crippen LogP contribution in [0, 0.1) is 0 Å². The van der Waals surface area contributed by atoms with Crippen molar-refractivity contribution < 1.29 is 13.2 Å². The van der Waals surface area contributed by atoms with Crippen molar-refractivity contribution in [1.82, 2.24) is 9.62 Å². The van der Waals surface area contributed by atoms with Crippen LogP contribution in [0.5, 0.6) is 0 Å². The predicted octanol–water partition coefficient (Wildman–Crippen LogP) is 2.67. The zero-order chi connectivity index (χ0) is 18.6. The summed E-state index contributed by atoms with van der Waals surface area (Å²) in [6.45, 7) is 1.24. The van der Waals surface area contributed by atoms with E-state index in [2.05, 4.69) is 29.6 Å². The smallest absolute Gasteiger partial charge is 0.220 e. The summed E-state index contributed by atoms with van der Waals surface area (Å²) in [5, 5.41) is 3.00. The molecule has 1 aliphatic heterocycles. The molecule has 6 heteroatoms. The number of hydrogen-bond donors (Lipinski definition) is 1. The number of nitrogens with one attached hydrogen (secondary N) is 1. The summed E-state index contributed by atoms with van der Waals surface area (Å²) >= 11 is 0. The van der Waals surface area contributed by atoms with E-state index in [0.29, 0.717) is 25.6 Å². The molecule has 2 saturated carbocycles. The lowest BCUT2D eigenvalue weighted by molar-refractivity contribution is -0.121. The van der Waals surface area contributed by atoms with Crippen LogP contribution in [0.15, 0.2) is 24.3 Å². The quantitative estimate of drug-likeness (QED) is 0.843. The number of rotatable bonds is 5. The highest BCUT2D eigenvalue weighted by Crippen LogP contribution is 2.53. The minimum Gasteiger partial charge on any atom is -0.353 e. The number of carbonyl (C=O) groups excluding carboxylic acids is 1. The average molecular weight is 389 g/mol. The molecule has 1 heterocycles. The molecule has 1 N–H and O–H groups in total. The molecule has 0 radical (unpaired) electrons. The van der Waals surface area contributed by atoms with Crippen molar-refractivity contribution in [2.24, 2.45) is 0 Å². The van der Waals surface area contributed by atoms with Crippen LogP contribution in [0.2, 0.25) is 0 Å². The minimum absolute atomic E-state index is 0.0384. The second-order valence-corrected chi connectivity index (χ2v) is 11.2. The molecule has 3 aliphatic carbocycles. The summed E-state index contributed by atoms with van der Waals surface area (Å²) in [6.07, 6.45) is 7.15. The Bertz CT molecular complexity index is 850. The number of piperidine rings is 1. The molecule has 3 fully saturated rings. The van der Waals surface area contributed by atoms with Gasteiger partial charge in [0.15, 0.2) is 0 Å². The fraction of sp³-hybridized carbons (Fsp3) is 0.667. The van der Waals surface area contributed by atoms with Crippen molar-refractivity contribution in [1.29, 1.82) is 0 Å². The average Bonchev–Trinajstić information content (AvgIpc) is 3.56. The maximum Gasteiger partial charge on any atom is 0.220 e. The van der Waals surface area contributed by atoms with E-state index in [1.165, 1.54) is 11.1 Å². The molecule has 146 valence electrons. The van der Waals surface area contributed by atoms with Crippen molar-refractivity contribution in [2.45, 2.75) is 74.0 Å². The number of carbonyl (C=O) groups is 1. The highest BCUT2D eigenvalue weighted by Gasteiger charge is 2.49. The zero-order valence-corrected chi connectivity index (χ0v) is 16.5. The van der Waals surface area contributed by atoms with Crippen LogP contribution >= 0.6 is 0 Å². The third-order valence-electron chi connectivity index (χ3n) is 6.97. The summed E-state index contributed by atoms with van der Waals surface area (Å²) in [4.78, 5) is 12.4. The van der Waals surface area contributed by atoms with Gasteiger partial charge < -0.3 is 5.32 Å². The first-order chi connectivity index (χ1) is 13.0. The van der Waals surface area contributed by atoms with Gasteiger partial charge in [-0.1, -0.05) is 24.3 Å². The molecule has 0 unspecified atom stereocenters. The van der Waals surface area contributed by atoms with E-state index in [0.717, 1.165) is 44.9 Å². The normalized spacial score (nSPS) is 27.5.